The number of hydrogen-bond donors (Lipinski definition) is 1. The highest BCUT2D eigenvalue weighted by Gasteiger charge is 2.44. The van der Waals surface area contributed by atoms with Crippen LogP contribution in [-0.2, 0) is 10.9 Å². The molecule has 2 aromatic rings. The van der Waals surface area contributed by atoms with E-state index in [0.29, 0.717) is 30.7 Å². The van der Waals surface area contributed by atoms with E-state index in [1.165, 1.54) is 12.8 Å². The van der Waals surface area contributed by atoms with Crippen molar-refractivity contribution in [1.82, 2.24) is 4.98 Å². The van der Waals surface area contributed by atoms with Crippen LogP contribution in [0, 0.1) is 5.41 Å². The van der Waals surface area contributed by atoms with E-state index in [4.69, 9.17) is 4.74 Å². The Bertz CT molecular complexity index is 1110. The van der Waals surface area contributed by atoms with E-state index in [-0.39, 0.29) is 17.7 Å². The fourth-order valence-corrected chi connectivity index (χ4v) is 5.32. The summed E-state index contributed by atoms with van der Waals surface area (Å²) in [6.07, 6.45) is 0.0530. The lowest BCUT2D eigenvalue weighted by atomic mass is 9.93. The monoisotopic (exact) mass is 552 g/mol. The lowest BCUT2D eigenvalue weighted by molar-refractivity contribution is -0.137. The minimum absolute atomic E-state index is 0.122. The summed E-state index contributed by atoms with van der Waals surface area (Å²) in [7, 11) is 0. The minimum Gasteiger partial charge on any atom is -0.375 e. The summed E-state index contributed by atoms with van der Waals surface area (Å²) in [4.78, 5) is 21.6. The van der Waals surface area contributed by atoms with Crippen LogP contribution in [0.5, 0.6) is 0 Å². The number of nitrogens with zero attached hydrogens (tertiary/aromatic N) is 3. The van der Waals surface area contributed by atoms with Gasteiger partial charge in [0.25, 0.3) is 5.91 Å². The van der Waals surface area contributed by atoms with Gasteiger partial charge in [-0.15, -0.1) is 0 Å². The van der Waals surface area contributed by atoms with Crippen molar-refractivity contribution < 1.29 is 22.7 Å². The molecule has 1 spiro atoms. The zero-order valence-electron chi connectivity index (χ0n) is 19.5. The molecule has 6 nitrogen and oxygen atoms in total. The molecule has 188 valence electrons. The standard InChI is InChI=1S/C25H28BrF3N4O2/c1-16-15-33(10-11-35-16)22-13-17(25(27,28)29)12-21(30-22)31-23(34)19-3-2-18(26)14-20(19)32-8-6-24(4-5-24)7-9-32/h2-3,12-14,16H,4-11,15H2,1H3,(H,30,31,34). The maximum Gasteiger partial charge on any atom is 0.416 e. The molecule has 1 aromatic heterocycles. The van der Waals surface area contributed by atoms with Gasteiger partial charge in [0.2, 0.25) is 0 Å². The van der Waals surface area contributed by atoms with Crippen molar-refractivity contribution in [1.29, 1.82) is 0 Å². The second-order valence-electron chi connectivity index (χ2n) is 9.83. The smallest absolute Gasteiger partial charge is 0.375 e. The number of halogens is 4. The Morgan fingerprint density at radius 1 is 1.11 bits per heavy atom. The van der Waals surface area contributed by atoms with E-state index >= 15 is 0 Å². The Balaban J connectivity index is 1.42. The molecule has 1 aromatic carbocycles. The number of morpholine rings is 1. The molecule has 0 radical (unpaired) electrons. The fourth-order valence-electron chi connectivity index (χ4n) is 4.97. The highest BCUT2D eigenvalue weighted by Crippen LogP contribution is 2.54. The Morgan fingerprint density at radius 2 is 1.86 bits per heavy atom. The molecule has 3 fully saturated rings. The topological polar surface area (TPSA) is 57.7 Å². The van der Waals surface area contributed by atoms with Crippen LogP contribution in [0.3, 0.4) is 0 Å². The van der Waals surface area contributed by atoms with Crippen LogP contribution in [-0.4, -0.2) is 49.8 Å². The number of piperidine rings is 1. The number of ether oxygens (including phenoxy) is 1. The third kappa shape index (κ3) is 5.43. The third-order valence-corrected chi connectivity index (χ3v) is 7.77. The molecular formula is C25H28BrF3N4O2. The van der Waals surface area contributed by atoms with Crippen LogP contribution < -0.4 is 15.1 Å². The molecule has 2 saturated heterocycles. The molecule has 35 heavy (non-hydrogen) atoms. The Labute approximate surface area is 211 Å². The van der Waals surface area contributed by atoms with E-state index in [9.17, 15) is 18.0 Å². The highest BCUT2D eigenvalue weighted by molar-refractivity contribution is 9.10. The molecule has 1 N–H and O–H groups in total. The van der Waals surface area contributed by atoms with Crippen molar-refractivity contribution in [2.75, 3.05) is 47.9 Å². The molecule has 5 rings (SSSR count). The number of carbonyl (C=O) groups excluding carboxylic acids is 1. The predicted octanol–water partition coefficient (Wildman–Crippen LogP) is 5.72. The van der Waals surface area contributed by atoms with Gasteiger partial charge in [0.05, 0.1) is 29.5 Å². The lowest BCUT2D eigenvalue weighted by Crippen LogP contribution is -2.41. The average Bonchev–Trinajstić information content (AvgIpc) is 3.57. The highest BCUT2D eigenvalue weighted by atomic mass is 79.9. The van der Waals surface area contributed by atoms with Crippen molar-refractivity contribution >= 4 is 39.2 Å². The average molecular weight is 553 g/mol. The Kier molecular flexibility index (Phi) is 6.46. The van der Waals surface area contributed by atoms with Gasteiger partial charge >= 0.3 is 6.18 Å². The third-order valence-electron chi connectivity index (χ3n) is 7.27. The van der Waals surface area contributed by atoms with Crippen LogP contribution in [0.25, 0.3) is 0 Å². The predicted molar refractivity (Wildman–Crippen MR) is 132 cm³/mol. The quantitative estimate of drug-likeness (QED) is 0.525. The van der Waals surface area contributed by atoms with E-state index in [2.05, 4.69) is 31.1 Å². The summed E-state index contributed by atoms with van der Waals surface area (Å²) in [6, 6.07) is 7.29. The summed E-state index contributed by atoms with van der Waals surface area (Å²) < 4.78 is 47.4. The van der Waals surface area contributed by atoms with Crippen molar-refractivity contribution in [3.63, 3.8) is 0 Å². The number of hydrogen-bond acceptors (Lipinski definition) is 5. The summed E-state index contributed by atoms with van der Waals surface area (Å²) in [5.74, 6) is -0.428. The largest absolute Gasteiger partial charge is 0.416 e. The molecule has 2 aliphatic heterocycles. The summed E-state index contributed by atoms with van der Waals surface area (Å²) in [6.45, 7) is 4.84. The number of pyridine rings is 1. The maximum absolute atomic E-state index is 13.7. The molecule has 1 amide bonds. The van der Waals surface area contributed by atoms with Gasteiger partial charge in [0.15, 0.2) is 0 Å². The number of aromatic nitrogens is 1. The SMILES string of the molecule is CC1CN(c2cc(C(F)(F)F)cc(NC(=O)c3ccc(Br)cc3N3CCC4(CC3)CC4)n2)CCO1. The maximum atomic E-state index is 13.7. The first-order valence-corrected chi connectivity index (χ1v) is 12.7. The molecule has 3 aliphatic rings. The van der Waals surface area contributed by atoms with E-state index in [1.54, 1.807) is 17.0 Å². The molecular weight excluding hydrogens is 525 g/mol. The van der Waals surface area contributed by atoms with Crippen molar-refractivity contribution in [3.05, 3.63) is 45.9 Å². The fraction of sp³-hybridized carbons (Fsp3) is 0.520. The number of nitrogens with one attached hydrogen (secondary N) is 1. The van der Waals surface area contributed by atoms with E-state index in [0.717, 1.165) is 48.2 Å². The van der Waals surface area contributed by atoms with Gasteiger partial charge in [-0.3, -0.25) is 4.79 Å². The number of carbonyl (C=O) groups is 1. The first kappa shape index (κ1) is 24.4. The van der Waals surface area contributed by atoms with Crippen molar-refractivity contribution in [2.45, 2.75) is 44.9 Å². The van der Waals surface area contributed by atoms with E-state index < -0.39 is 17.6 Å². The van der Waals surface area contributed by atoms with Crippen LogP contribution in [0.15, 0.2) is 34.8 Å². The Morgan fingerprint density at radius 3 is 2.51 bits per heavy atom. The molecule has 3 heterocycles. The van der Waals surface area contributed by atoms with E-state index in [1.807, 2.05) is 13.0 Å². The second kappa shape index (κ2) is 9.28. The number of benzene rings is 1. The molecule has 10 heteroatoms. The molecule has 1 atom stereocenters. The van der Waals surface area contributed by atoms with Crippen LogP contribution in [0.1, 0.15) is 48.5 Å². The summed E-state index contributed by atoms with van der Waals surface area (Å²) in [5, 5.41) is 2.64. The first-order chi connectivity index (χ1) is 16.6. The molecule has 1 saturated carbocycles. The van der Waals surface area contributed by atoms with Gasteiger partial charge in [-0.2, -0.15) is 13.2 Å². The van der Waals surface area contributed by atoms with Crippen LogP contribution >= 0.6 is 15.9 Å². The second-order valence-corrected chi connectivity index (χ2v) is 10.7. The number of anilines is 3. The van der Waals surface area contributed by atoms with Crippen molar-refractivity contribution in [2.24, 2.45) is 5.41 Å². The van der Waals surface area contributed by atoms with Gasteiger partial charge in [0.1, 0.15) is 11.6 Å². The normalized spacial score (nSPS) is 21.8. The zero-order valence-corrected chi connectivity index (χ0v) is 21.1. The lowest BCUT2D eigenvalue weighted by Gasteiger charge is -2.35. The van der Waals surface area contributed by atoms with Gasteiger partial charge in [0, 0.05) is 30.7 Å². The number of amides is 1. The van der Waals surface area contributed by atoms with Gasteiger partial charge < -0.3 is 19.9 Å². The van der Waals surface area contributed by atoms with Crippen LogP contribution in [0.2, 0.25) is 0 Å². The number of rotatable bonds is 4. The van der Waals surface area contributed by atoms with Crippen molar-refractivity contribution in [3.8, 4) is 0 Å². The first-order valence-electron chi connectivity index (χ1n) is 11.9. The molecule has 0 bridgehead atoms. The summed E-state index contributed by atoms with van der Waals surface area (Å²) >= 11 is 3.49. The number of alkyl halides is 3. The summed E-state index contributed by atoms with van der Waals surface area (Å²) in [5.41, 5.74) is 0.835. The Hall–Kier alpha value is -2.33. The van der Waals surface area contributed by atoms with Gasteiger partial charge in [-0.1, -0.05) is 15.9 Å². The molecule has 1 aliphatic carbocycles. The van der Waals surface area contributed by atoms with Crippen LogP contribution in [0.4, 0.5) is 30.5 Å². The minimum atomic E-state index is -4.57. The van der Waals surface area contributed by atoms with Gasteiger partial charge in [-0.25, -0.2) is 4.98 Å². The van der Waals surface area contributed by atoms with Gasteiger partial charge in [-0.05, 0) is 68.4 Å². The zero-order chi connectivity index (χ0) is 24.8. The molecule has 1 unspecified atom stereocenters.